The lowest BCUT2D eigenvalue weighted by Crippen LogP contribution is -2.55. The van der Waals surface area contributed by atoms with Crippen molar-refractivity contribution in [2.75, 3.05) is 36.0 Å². The third kappa shape index (κ3) is 4.16. The maximum Gasteiger partial charge on any atom is 0.272 e. The van der Waals surface area contributed by atoms with Crippen molar-refractivity contribution in [3.8, 4) is 5.75 Å². The van der Waals surface area contributed by atoms with E-state index in [9.17, 15) is 4.79 Å². The number of thiocarbonyl (C=S) groups is 1. The van der Waals surface area contributed by atoms with Crippen LogP contribution in [0.5, 0.6) is 5.75 Å². The summed E-state index contributed by atoms with van der Waals surface area (Å²) >= 11 is 5.84. The third-order valence-electron chi connectivity index (χ3n) is 7.34. The molecule has 0 radical (unpaired) electrons. The van der Waals surface area contributed by atoms with Gasteiger partial charge in [-0.15, -0.1) is 4.98 Å². The summed E-state index contributed by atoms with van der Waals surface area (Å²) in [5.41, 5.74) is 1.54. The van der Waals surface area contributed by atoms with Crippen LogP contribution in [-0.2, 0) is 4.79 Å². The quantitative estimate of drug-likeness (QED) is 0.486. The lowest BCUT2D eigenvalue weighted by atomic mass is 9.75. The van der Waals surface area contributed by atoms with Crippen molar-refractivity contribution in [1.29, 1.82) is 0 Å². The molecule has 1 spiro atoms. The molecule has 1 aromatic heterocycles. The summed E-state index contributed by atoms with van der Waals surface area (Å²) in [5.74, 6) is 1.11. The van der Waals surface area contributed by atoms with Gasteiger partial charge in [0.2, 0.25) is 0 Å². The predicted octanol–water partition coefficient (Wildman–Crippen LogP) is 3.84. The Morgan fingerprint density at radius 1 is 1.23 bits per heavy atom. The van der Waals surface area contributed by atoms with E-state index in [1.807, 2.05) is 42.2 Å². The number of hydrogen-bond donors (Lipinski definition) is 1. The zero-order valence-corrected chi connectivity index (χ0v) is 20.6. The molecule has 8 nitrogen and oxygen atoms in total. The van der Waals surface area contributed by atoms with Crippen LogP contribution in [0.25, 0.3) is 4.85 Å². The highest BCUT2D eigenvalue weighted by Crippen LogP contribution is 2.48. The Bertz CT molecular complexity index is 1170. The molecule has 0 unspecified atom stereocenters. The number of anilines is 2. The Morgan fingerprint density at radius 2 is 1.94 bits per heavy atom. The molecule has 1 aromatic carbocycles. The first kappa shape index (κ1) is 23.7. The second kappa shape index (κ2) is 9.53. The van der Waals surface area contributed by atoms with Gasteiger partial charge in [-0.25, -0.2) is 0 Å². The van der Waals surface area contributed by atoms with Crippen LogP contribution >= 0.6 is 12.2 Å². The van der Waals surface area contributed by atoms with Crippen LogP contribution in [0.1, 0.15) is 37.7 Å². The number of aliphatic hydroxyl groups is 1. The number of carbonyl (C=O) groups is 1. The average molecular weight is 492 g/mol. The molecule has 9 heteroatoms. The minimum atomic E-state index is -0.661. The van der Waals surface area contributed by atoms with Crippen molar-refractivity contribution in [2.24, 2.45) is 0 Å². The van der Waals surface area contributed by atoms with Gasteiger partial charge >= 0.3 is 0 Å². The summed E-state index contributed by atoms with van der Waals surface area (Å²) in [6.07, 6.45) is 6.06. The molecule has 0 atom stereocenters. The molecule has 3 fully saturated rings. The summed E-state index contributed by atoms with van der Waals surface area (Å²) in [4.78, 5) is 27.1. The number of likely N-dealkylation sites (tertiary alicyclic amines) is 1. The van der Waals surface area contributed by atoms with E-state index < -0.39 is 5.54 Å². The summed E-state index contributed by atoms with van der Waals surface area (Å²) in [5, 5.41) is 9.56. The van der Waals surface area contributed by atoms with Crippen LogP contribution in [0.2, 0.25) is 0 Å². The molecule has 2 aliphatic heterocycles. The number of nitrogens with zero attached hydrogens (tertiary/aromatic N) is 5. The van der Waals surface area contributed by atoms with Gasteiger partial charge in [0.1, 0.15) is 23.6 Å². The number of pyridine rings is 1. The molecule has 1 amide bonds. The van der Waals surface area contributed by atoms with E-state index in [1.165, 1.54) is 0 Å². The monoisotopic (exact) mass is 491 g/mol. The maximum absolute atomic E-state index is 13.6. The third-order valence-corrected chi connectivity index (χ3v) is 7.71. The van der Waals surface area contributed by atoms with Crippen LogP contribution in [-0.4, -0.2) is 63.9 Å². The van der Waals surface area contributed by atoms with Gasteiger partial charge in [-0.1, -0.05) is 6.57 Å². The van der Waals surface area contributed by atoms with Gasteiger partial charge in [0, 0.05) is 25.3 Å². The van der Waals surface area contributed by atoms with E-state index in [0.717, 1.165) is 62.2 Å². The first-order valence-electron chi connectivity index (χ1n) is 12.1. The van der Waals surface area contributed by atoms with Crippen molar-refractivity contribution >= 4 is 40.4 Å². The molecule has 3 aliphatic rings. The number of piperidine rings is 1. The van der Waals surface area contributed by atoms with Gasteiger partial charge in [0.05, 0.1) is 12.3 Å². The Hall–Kier alpha value is -3.06. The van der Waals surface area contributed by atoms with Crippen molar-refractivity contribution in [3.05, 3.63) is 53.5 Å². The van der Waals surface area contributed by atoms with Gasteiger partial charge in [-0.3, -0.25) is 9.69 Å². The number of rotatable bonds is 6. The number of hydrogen-bond acceptors (Lipinski definition) is 6. The molecule has 2 aromatic rings. The van der Waals surface area contributed by atoms with E-state index in [-0.39, 0.29) is 18.6 Å². The highest BCUT2D eigenvalue weighted by atomic mass is 32.1. The Kier molecular flexibility index (Phi) is 6.45. The average Bonchev–Trinajstić information content (AvgIpc) is 3.07. The first-order chi connectivity index (χ1) is 17.0. The SMILES string of the molecule is [C-]#[N+]c1ncc(N2C(=O)C3(CCC3)N(c3ccc(OC4CCN(CCO)CC4)cc3)C2=S)cc1C. The van der Waals surface area contributed by atoms with Gasteiger partial charge in [0.15, 0.2) is 5.11 Å². The van der Waals surface area contributed by atoms with E-state index in [1.54, 1.807) is 11.1 Å². The Morgan fingerprint density at radius 3 is 2.51 bits per heavy atom. The van der Waals surface area contributed by atoms with Crippen molar-refractivity contribution in [2.45, 2.75) is 50.7 Å². The lowest BCUT2D eigenvalue weighted by Gasteiger charge is -2.43. The molecule has 5 rings (SSSR count). The minimum absolute atomic E-state index is 0.0273. The van der Waals surface area contributed by atoms with Crippen molar-refractivity contribution in [1.82, 2.24) is 9.88 Å². The molecule has 1 aliphatic carbocycles. The summed E-state index contributed by atoms with van der Waals surface area (Å²) in [6.45, 7) is 11.8. The van der Waals surface area contributed by atoms with Gasteiger partial charge in [0.25, 0.3) is 11.7 Å². The molecule has 1 N–H and O–H groups in total. The smallest absolute Gasteiger partial charge is 0.272 e. The van der Waals surface area contributed by atoms with E-state index in [4.69, 9.17) is 28.6 Å². The van der Waals surface area contributed by atoms with Crippen LogP contribution in [0.15, 0.2) is 36.5 Å². The second-order valence-electron chi connectivity index (χ2n) is 9.47. The number of ether oxygens (including phenoxy) is 1. The van der Waals surface area contributed by atoms with Gasteiger partial charge in [-0.05, 0) is 87.1 Å². The fraction of sp³-hybridized carbons (Fsp3) is 0.462. The lowest BCUT2D eigenvalue weighted by molar-refractivity contribution is -0.123. The van der Waals surface area contributed by atoms with Crippen molar-refractivity contribution in [3.63, 3.8) is 0 Å². The molecular formula is C26H29N5O3S. The van der Waals surface area contributed by atoms with Crippen LogP contribution in [0.4, 0.5) is 17.2 Å². The van der Waals surface area contributed by atoms with Crippen molar-refractivity contribution < 1.29 is 14.6 Å². The zero-order chi connectivity index (χ0) is 24.6. The van der Waals surface area contributed by atoms with E-state index in [0.29, 0.717) is 23.2 Å². The standard InChI is InChI=1S/C26H29N5O3S/c1-18-16-20(17-28-23(18)27-2)30-24(33)26(10-3-11-26)31(25(30)35)19-4-6-21(7-5-19)34-22-8-12-29(13-9-22)14-15-32/h4-7,16-17,22,32H,3,8-15H2,1H3. The van der Waals surface area contributed by atoms with Gasteiger partial charge < -0.3 is 24.5 Å². The number of β-amino-alcohol motifs (C(OH)–C–C–N with tert-alkyl or cyclic N) is 1. The molecule has 1 saturated carbocycles. The Labute approximate surface area is 210 Å². The number of aliphatic hydroxyl groups excluding tert-OH is 1. The normalized spacial score (nSPS) is 20.3. The maximum atomic E-state index is 13.6. The second-order valence-corrected chi connectivity index (χ2v) is 9.83. The number of carbonyl (C=O) groups excluding carboxylic acids is 1. The summed E-state index contributed by atoms with van der Waals surface area (Å²) in [7, 11) is 0. The van der Waals surface area contributed by atoms with Crippen LogP contribution < -0.4 is 14.5 Å². The fourth-order valence-electron chi connectivity index (χ4n) is 5.26. The number of amides is 1. The van der Waals surface area contributed by atoms with Gasteiger partial charge in [-0.2, -0.15) is 0 Å². The molecule has 3 heterocycles. The summed E-state index contributed by atoms with van der Waals surface area (Å²) < 4.78 is 6.21. The van der Waals surface area contributed by atoms with E-state index in [2.05, 4.69) is 14.7 Å². The predicted molar refractivity (Wildman–Crippen MR) is 138 cm³/mol. The largest absolute Gasteiger partial charge is 0.490 e. The van der Waals surface area contributed by atoms with E-state index >= 15 is 0 Å². The number of aromatic nitrogens is 1. The molecule has 35 heavy (non-hydrogen) atoms. The summed E-state index contributed by atoms with van der Waals surface area (Å²) in [6, 6.07) is 9.67. The zero-order valence-electron chi connectivity index (χ0n) is 19.8. The molecular weight excluding hydrogens is 462 g/mol. The topological polar surface area (TPSA) is 73.5 Å². The number of aryl methyl sites for hydroxylation is 1. The Balaban J connectivity index is 1.34. The minimum Gasteiger partial charge on any atom is -0.490 e. The number of benzene rings is 1. The molecule has 0 bridgehead atoms. The van der Waals surface area contributed by atoms with Crippen LogP contribution in [0.3, 0.4) is 0 Å². The highest BCUT2D eigenvalue weighted by molar-refractivity contribution is 7.81. The fourth-order valence-corrected chi connectivity index (χ4v) is 5.73. The highest BCUT2D eigenvalue weighted by Gasteiger charge is 2.59. The van der Waals surface area contributed by atoms with Crippen LogP contribution in [0, 0.1) is 13.5 Å². The molecule has 2 saturated heterocycles. The first-order valence-corrected chi connectivity index (χ1v) is 12.5. The molecule has 182 valence electrons.